The van der Waals surface area contributed by atoms with Gasteiger partial charge in [-0.2, -0.15) is 5.26 Å². The van der Waals surface area contributed by atoms with Crippen molar-refractivity contribution >= 4 is 11.8 Å². The first-order valence-electron chi connectivity index (χ1n) is 10.3. The minimum absolute atomic E-state index is 0.264. The van der Waals surface area contributed by atoms with Crippen LogP contribution in [-0.2, 0) is 18.7 Å². The molecule has 0 unspecified atom stereocenters. The third-order valence-electron chi connectivity index (χ3n) is 5.58. The average Bonchev–Trinajstić information content (AvgIpc) is 2.82. The van der Waals surface area contributed by atoms with Gasteiger partial charge in [0.2, 0.25) is 0 Å². The van der Waals surface area contributed by atoms with Crippen molar-refractivity contribution < 1.29 is 13.9 Å². The second-order valence-corrected chi connectivity index (χ2v) is 8.61. The Labute approximate surface area is 191 Å². The molecule has 0 saturated heterocycles. The van der Waals surface area contributed by atoms with Crippen LogP contribution in [0.2, 0.25) is 0 Å². The van der Waals surface area contributed by atoms with Crippen molar-refractivity contribution in [2.45, 2.75) is 23.7 Å². The van der Waals surface area contributed by atoms with Crippen molar-refractivity contribution in [1.82, 2.24) is 9.88 Å². The molecular formula is C25H24FN3O2S. The Morgan fingerprint density at radius 1 is 1.16 bits per heavy atom. The quantitative estimate of drug-likeness (QED) is 0.491. The zero-order chi connectivity index (χ0) is 22.7. The Bertz CT molecular complexity index is 1180. The number of para-hydroxylation sites is 1. The number of fused-ring (bicyclic) bond motifs is 1. The third kappa shape index (κ3) is 4.29. The largest absolute Gasteiger partial charge is 0.493 e. The highest BCUT2D eigenvalue weighted by atomic mass is 32.2. The topological polar surface area (TPSA) is 58.4 Å². The van der Waals surface area contributed by atoms with E-state index in [9.17, 15) is 9.65 Å². The number of thioether (sulfide) groups is 1. The molecule has 164 valence electrons. The van der Waals surface area contributed by atoms with E-state index >= 15 is 0 Å². The van der Waals surface area contributed by atoms with Crippen LogP contribution >= 0.6 is 11.8 Å². The Balaban J connectivity index is 1.87. The second-order valence-electron chi connectivity index (χ2n) is 7.65. The van der Waals surface area contributed by atoms with Crippen LogP contribution in [0.15, 0.2) is 47.5 Å². The number of halogens is 1. The van der Waals surface area contributed by atoms with Gasteiger partial charge in [-0.1, -0.05) is 24.3 Å². The van der Waals surface area contributed by atoms with Gasteiger partial charge in [0, 0.05) is 42.1 Å². The van der Waals surface area contributed by atoms with Gasteiger partial charge in [-0.05, 0) is 36.4 Å². The summed E-state index contributed by atoms with van der Waals surface area (Å²) in [5.41, 5.74) is 5.22. The molecule has 0 N–H and O–H groups in total. The molecule has 1 aliphatic heterocycles. The number of nitrogens with zero attached hydrogens (tertiary/aromatic N) is 3. The number of rotatable bonds is 6. The first kappa shape index (κ1) is 22.1. The zero-order valence-corrected chi connectivity index (χ0v) is 19.1. The first-order chi connectivity index (χ1) is 15.5. The van der Waals surface area contributed by atoms with E-state index in [0.29, 0.717) is 34.4 Å². The number of hydrogen-bond acceptors (Lipinski definition) is 6. The highest BCUT2D eigenvalue weighted by Gasteiger charge is 2.27. The molecule has 0 bridgehead atoms. The lowest BCUT2D eigenvalue weighted by molar-refractivity contribution is 0.309. The van der Waals surface area contributed by atoms with Gasteiger partial charge < -0.3 is 14.4 Å². The molecule has 1 aromatic heterocycles. The lowest BCUT2D eigenvalue weighted by Gasteiger charge is -2.28. The number of benzene rings is 2. The Morgan fingerprint density at radius 3 is 2.62 bits per heavy atom. The molecule has 32 heavy (non-hydrogen) atoms. The molecule has 0 spiro atoms. The molecule has 3 aromatic rings. The standard InChI is InChI=1S/C25H24FN3O2S/c1-29-12-11-21-20(14-29)23(18-5-4-6-22(30-2)24(18)31-3)19(13-27)25(28-21)32-15-16-7-9-17(26)10-8-16/h4-10H,11-12,14-15H2,1-3H3. The van der Waals surface area contributed by atoms with Crippen LogP contribution in [0.5, 0.6) is 11.5 Å². The average molecular weight is 450 g/mol. The highest BCUT2D eigenvalue weighted by molar-refractivity contribution is 7.98. The van der Waals surface area contributed by atoms with Crippen LogP contribution in [0.3, 0.4) is 0 Å². The monoisotopic (exact) mass is 449 g/mol. The van der Waals surface area contributed by atoms with Gasteiger partial charge in [0.1, 0.15) is 16.9 Å². The van der Waals surface area contributed by atoms with Crippen molar-refractivity contribution in [1.29, 1.82) is 5.26 Å². The molecule has 4 rings (SSSR count). The molecule has 2 aromatic carbocycles. The molecule has 0 atom stereocenters. The molecule has 0 radical (unpaired) electrons. The van der Waals surface area contributed by atoms with E-state index in [4.69, 9.17) is 14.5 Å². The molecule has 7 heteroatoms. The van der Waals surface area contributed by atoms with E-state index < -0.39 is 0 Å². The fraction of sp³-hybridized carbons (Fsp3) is 0.280. The number of pyridine rings is 1. The predicted molar refractivity (Wildman–Crippen MR) is 123 cm³/mol. The Morgan fingerprint density at radius 2 is 1.94 bits per heavy atom. The van der Waals surface area contributed by atoms with Crippen LogP contribution in [0.1, 0.15) is 22.4 Å². The normalized spacial score (nSPS) is 13.3. The van der Waals surface area contributed by atoms with Gasteiger partial charge in [0.15, 0.2) is 11.5 Å². The van der Waals surface area contributed by atoms with Crippen LogP contribution < -0.4 is 9.47 Å². The van der Waals surface area contributed by atoms with Crippen LogP contribution in [-0.4, -0.2) is 37.7 Å². The number of aromatic nitrogens is 1. The third-order valence-corrected chi connectivity index (χ3v) is 6.63. The summed E-state index contributed by atoms with van der Waals surface area (Å²) < 4.78 is 24.5. The van der Waals surface area contributed by atoms with Crippen molar-refractivity contribution in [3.05, 3.63) is 70.7 Å². The van der Waals surface area contributed by atoms with E-state index in [1.807, 2.05) is 18.2 Å². The van der Waals surface area contributed by atoms with E-state index in [2.05, 4.69) is 18.0 Å². The maximum absolute atomic E-state index is 13.3. The van der Waals surface area contributed by atoms with Crippen molar-refractivity contribution in [3.8, 4) is 28.7 Å². The zero-order valence-electron chi connectivity index (χ0n) is 18.3. The SMILES string of the molecule is COc1cccc(-c2c(C#N)c(SCc3ccc(F)cc3)nc3c2CN(C)CC3)c1OC. The first-order valence-corrected chi connectivity index (χ1v) is 11.3. The van der Waals surface area contributed by atoms with Crippen molar-refractivity contribution in [3.63, 3.8) is 0 Å². The lowest BCUT2D eigenvalue weighted by Crippen LogP contribution is -2.28. The number of hydrogen-bond donors (Lipinski definition) is 0. The number of methoxy groups -OCH3 is 2. The number of nitriles is 1. The van der Waals surface area contributed by atoms with E-state index in [0.717, 1.165) is 40.9 Å². The van der Waals surface area contributed by atoms with Gasteiger partial charge in [0.05, 0.1) is 19.8 Å². The maximum Gasteiger partial charge on any atom is 0.168 e. The highest BCUT2D eigenvalue weighted by Crippen LogP contribution is 2.44. The van der Waals surface area contributed by atoms with E-state index in [-0.39, 0.29) is 5.82 Å². The van der Waals surface area contributed by atoms with Crippen molar-refractivity contribution in [2.24, 2.45) is 0 Å². The predicted octanol–water partition coefficient (Wildman–Crippen LogP) is 5.06. The smallest absolute Gasteiger partial charge is 0.168 e. The maximum atomic E-state index is 13.3. The minimum atomic E-state index is -0.264. The summed E-state index contributed by atoms with van der Waals surface area (Å²) in [7, 11) is 5.28. The summed E-state index contributed by atoms with van der Waals surface area (Å²) in [6.07, 6.45) is 0.806. The molecule has 1 aliphatic rings. The lowest BCUT2D eigenvalue weighted by atomic mass is 9.91. The molecule has 2 heterocycles. The van der Waals surface area contributed by atoms with Gasteiger partial charge >= 0.3 is 0 Å². The van der Waals surface area contributed by atoms with Crippen LogP contribution in [0.25, 0.3) is 11.1 Å². The molecule has 0 fully saturated rings. The second kappa shape index (κ2) is 9.60. The minimum Gasteiger partial charge on any atom is -0.493 e. The van der Waals surface area contributed by atoms with Gasteiger partial charge in [0.25, 0.3) is 0 Å². The Hall–Kier alpha value is -3.08. The summed E-state index contributed by atoms with van der Waals surface area (Å²) in [6.45, 7) is 1.61. The summed E-state index contributed by atoms with van der Waals surface area (Å²) in [5.74, 6) is 1.54. The summed E-state index contributed by atoms with van der Waals surface area (Å²) >= 11 is 1.49. The molecule has 0 amide bonds. The van der Waals surface area contributed by atoms with Crippen molar-refractivity contribution in [2.75, 3.05) is 27.8 Å². The Kier molecular flexibility index (Phi) is 6.63. The van der Waals surface area contributed by atoms with E-state index in [1.54, 1.807) is 26.4 Å². The number of ether oxygens (including phenoxy) is 2. The molecule has 0 aliphatic carbocycles. The van der Waals surface area contributed by atoms with Gasteiger partial charge in [-0.25, -0.2) is 9.37 Å². The number of likely N-dealkylation sites (N-methyl/N-ethyl adjacent to an activating group) is 1. The van der Waals surface area contributed by atoms with E-state index in [1.165, 1.54) is 23.9 Å². The van der Waals surface area contributed by atoms with Gasteiger partial charge in [-0.3, -0.25) is 0 Å². The van der Waals surface area contributed by atoms with Crippen LogP contribution in [0.4, 0.5) is 4.39 Å². The fourth-order valence-electron chi connectivity index (χ4n) is 3.99. The van der Waals surface area contributed by atoms with Gasteiger partial charge in [-0.15, -0.1) is 11.8 Å². The summed E-state index contributed by atoms with van der Waals surface area (Å²) in [5, 5.41) is 10.9. The molecular weight excluding hydrogens is 425 g/mol. The fourth-order valence-corrected chi connectivity index (χ4v) is 4.96. The summed E-state index contributed by atoms with van der Waals surface area (Å²) in [4.78, 5) is 7.13. The molecule has 5 nitrogen and oxygen atoms in total. The summed E-state index contributed by atoms with van der Waals surface area (Å²) in [6, 6.07) is 14.5. The molecule has 0 saturated carbocycles. The van der Waals surface area contributed by atoms with Crippen LogP contribution in [0, 0.1) is 17.1 Å².